The summed E-state index contributed by atoms with van der Waals surface area (Å²) in [7, 11) is 0. The molecule has 104 valence electrons. The molecule has 20 heavy (non-hydrogen) atoms. The normalized spacial score (nSPS) is 10.3. The molecule has 0 spiro atoms. The van der Waals surface area contributed by atoms with Crippen LogP contribution in [0.3, 0.4) is 0 Å². The van der Waals surface area contributed by atoms with E-state index in [0.29, 0.717) is 0 Å². The highest BCUT2D eigenvalue weighted by atomic mass is 79.9. The molecule has 2 aromatic rings. The van der Waals surface area contributed by atoms with E-state index in [9.17, 15) is 18.9 Å². The molecule has 0 unspecified atom stereocenters. The van der Waals surface area contributed by atoms with Gasteiger partial charge in [0.15, 0.2) is 11.6 Å². The molecule has 0 fully saturated rings. The molecule has 0 aliphatic heterocycles. The Morgan fingerprint density at radius 2 is 1.85 bits per heavy atom. The van der Waals surface area contributed by atoms with E-state index < -0.39 is 22.2 Å². The van der Waals surface area contributed by atoms with Crippen LogP contribution in [0.4, 0.5) is 31.8 Å². The van der Waals surface area contributed by atoms with Gasteiger partial charge in [0, 0.05) is 4.47 Å². The van der Waals surface area contributed by atoms with Crippen LogP contribution in [-0.4, -0.2) is 9.91 Å². The van der Waals surface area contributed by atoms with E-state index in [1.165, 1.54) is 0 Å². The maximum Gasteiger partial charge on any atom is 0.276 e. The first-order valence-corrected chi connectivity index (χ1v) is 5.99. The Morgan fingerprint density at radius 3 is 2.40 bits per heavy atom. The van der Waals surface area contributed by atoms with E-state index in [1.807, 2.05) is 0 Å². The topological polar surface area (TPSA) is 94.1 Å². The number of nitrogens with zero attached hydrogens (tertiary/aromatic N) is 2. The van der Waals surface area contributed by atoms with Gasteiger partial charge < -0.3 is 11.1 Å². The summed E-state index contributed by atoms with van der Waals surface area (Å²) in [4.78, 5) is 13.7. The lowest BCUT2D eigenvalue weighted by atomic mass is 10.3. The van der Waals surface area contributed by atoms with Crippen LogP contribution in [0, 0.1) is 21.7 Å². The first-order valence-electron chi connectivity index (χ1n) is 5.20. The van der Waals surface area contributed by atoms with Crippen molar-refractivity contribution in [3.8, 4) is 0 Å². The van der Waals surface area contributed by atoms with Gasteiger partial charge in [-0.05, 0) is 12.1 Å². The molecule has 2 rings (SSSR count). The lowest BCUT2D eigenvalue weighted by molar-refractivity contribution is -0.384. The smallest absolute Gasteiger partial charge is 0.276 e. The van der Waals surface area contributed by atoms with Crippen LogP contribution in [0.2, 0.25) is 0 Å². The second kappa shape index (κ2) is 5.37. The fourth-order valence-electron chi connectivity index (χ4n) is 1.50. The maximum absolute atomic E-state index is 13.6. The van der Waals surface area contributed by atoms with E-state index in [2.05, 4.69) is 26.2 Å². The zero-order valence-electron chi connectivity index (χ0n) is 9.73. The number of nitro groups is 1. The van der Waals surface area contributed by atoms with Gasteiger partial charge in [-0.1, -0.05) is 15.9 Å². The van der Waals surface area contributed by atoms with Gasteiger partial charge in [-0.25, -0.2) is 13.8 Å². The van der Waals surface area contributed by atoms with E-state index in [0.717, 1.165) is 24.3 Å². The minimum absolute atomic E-state index is 0.128. The van der Waals surface area contributed by atoms with Crippen LogP contribution < -0.4 is 11.1 Å². The predicted octanol–water partition coefficient (Wildman–Crippen LogP) is 3.36. The van der Waals surface area contributed by atoms with Crippen molar-refractivity contribution in [2.75, 3.05) is 11.1 Å². The highest BCUT2D eigenvalue weighted by Gasteiger charge is 2.14. The Balaban J connectivity index is 2.42. The van der Waals surface area contributed by atoms with Crippen molar-refractivity contribution in [2.45, 2.75) is 0 Å². The standard InChI is InChI=1S/C11H7BrF2N4O2/c12-5-1-7(13)11(8(14)2-5)17-10-4-6(18(19)20)3-9(15)16-10/h1-4H,(H3,15,16,17). The molecule has 9 heteroatoms. The monoisotopic (exact) mass is 344 g/mol. The molecule has 3 N–H and O–H groups in total. The molecule has 1 aromatic heterocycles. The molecule has 0 bridgehead atoms. The summed E-state index contributed by atoms with van der Waals surface area (Å²) >= 11 is 2.94. The summed E-state index contributed by atoms with van der Waals surface area (Å²) in [5, 5.41) is 13.0. The number of nitrogens with one attached hydrogen (secondary N) is 1. The number of nitrogens with two attached hydrogens (primary N) is 1. The third-order valence-electron chi connectivity index (χ3n) is 2.30. The summed E-state index contributed by atoms with van der Waals surface area (Å²) in [6, 6.07) is 4.16. The Kier molecular flexibility index (Phi) is 3.79. The Hall–Kier alpha value is -2.29. The molecule has 0 radical (unpaired) electrons. The first-order chi connectivity index (χ1) is 9.36. The summed E-state index contributed by atoms with van der Waals surface area (Å²) in [6.45, 7) is 0. The van der Waals surface area contributed by atoms with Gasteiger partial charge in [0.1, 0.15) is 17.3 Å². The second-order valence-electron chi connectivity index (χ2n) is 3.76. The first kappa shape index (κ1) is 14.1. The molecule has 1 heterocycles. The van der Waals surface area contributed by atoms with Crippen molar-refractivity contribution in [3.05, 3.63) is 50.5 Å². The van der Waals surface area contributed by atoms with Crippen molar-refractivity contribution in [1.29, 1.82) is 0 Å². The lowest BCUT2D eigenvalue weighted by Crippen LogP contribution is -2.03. The zero-order chi connectivity index (χ0) is 14.9. The van der Waals surface area contributed by atoms with E-state index in [-0.39, 0.29) is 21.8 Å². The summed E-state index contributed by atoms with van der Waals surface area (Å²) in [6.07, 6.45) is 0. The predicted molar refractivity (Wildman–Crippen MR) is 72.6 cm³/mol. The number of halogens is 3. The zero-order valence-corrected chi connectivity index (χ0v) is 11.3. The van der Waals surface area contributed by atoms with Crippen LogP contribution in [0.25, 0.3) is 0 Å². The number of anilines is 3. The van der Waals surface area contributed by atoms with Gasteiger partial charge in [-0.3, -0.25) is 10.1 Å². The summed E-state index contributed by atoms with van der Waals surface area (Å²) in [5.74, 6) is -2.01. The molecule has 0 aliphatic rings. The number of aromatic nitrogens is 1. The number of hydrogen-bond acceptors (Lipinski definition) is 5. The van der Waals surface area contributed by atoms with Gasteiger partial charge in [0.2, 0.25) is 0 Å². The number of rotatable bonds is 3. The molecule has 0 saturated heterocycles. The van der Waals surface area contributed by atoms with E-state index >= 15 is 0 Å². The molecule has 0 aliphatic carbocycles. The minimum Gasteiger partial charge on any atom is -0.383 e. The second-order valence-corrected chi connectivity index (χ2v) is 4.68. The number of benzene rings is 1. The maximum atomic E-state index is 13.6. The number of pyridine rings is 1. The van der Waals surface area contributed by atoms with Gasteiger partial charge in [-0.2, -0.15) is 0 Å². The number of hydrogen-bond donors (Lipinski definition) is 2. The SMILES string of the molecule is Nc1cc([N+](=O)[O-])cc(Nc2c(F)cc(Br)cc2F)n1. The number of nitrogen functional groups attached to an aromatic ring is 1. The molecular formula is C11H7BrF2N4O2. The average Bonchev–Trinajstić information content (AvgIpc) is 2.33. The van der Waals surface area contributed by atoms with Crippen molar-refractivity contribution in [3.63, 3.8) is 0 Å². The van der Waals surface area contributed by atoms with Crippen molar-refractivity contribution >= 4 is 38.9 Å². The Bertz CT molecular complexity index is 673. The third kappa shape index (κ3) is 2.99. The molecule has 1 aromatic carbocycles. The van der Waals surface area contributed by atoms with Gasteiger partial charge in [-0.15, -0.1) is 0 Å². The fraction of sp³-hybridized carbons (Fsp3) is 0. The van der Waals surface area contributed by atoms with Crippen molar-refractivity contribution in [1.82, 2.24) is 4.98 Å². The lowest BCUT2D eigenvalue weighted by Gasteiger charge is -2.09. The largest absolute Gasteiger partial charge is 0.383 e. The fourth-order valence-corrected chi connectivity index (χ4v) is 1.90. The highest BCUT2D eigenvalue weighted by Crippen LogP contribution is 2.28. The minimum atomic E-state index is -0.872. The summed E-state index contributed by atoms with van der Waals surface area (Å²) in [5.41, 5.74) is 4.59. The Morgan fingerprint density at radius 1 is 1.25 bits per heavy atom. The van der Waals surface area contributed by atoms with Crippen LogP contribution in [0.1, 0.15) is 0 Å². The molecule has 0 atom stereocenters. The van der Waals surface area contributed by atoms with Crippen molar-refractivity contribution in [2.24, 2.45) is 0 Å². The van der Waals surface area contributed by atoms with Crippen LogP contribution >= 0.6 is 15.9 Å². The van der Waals surface area contributed by atoms with Crippen molar-refractivity contribution < 1.29 is 13.7 Å². The van der Waals surface area contributed by atoms with Gasteiger partial charge in [0.25, 0.3) is 5.69 Å². The quantitative estimate of drug-likeness (QED) is 0.657. The van der Waals surface area contributed by atoms with E-state index in [4.69, 9.17) is 5.73 Å². The molecule has 0 saturated carbocycles. The van der Waals surface area contributed by atoms with Crippen LogP contribution in [0.5, 0.6) is 0 Å². The molecular weight excluding hydrogens is 338 g/mol. The highest BCUT2D eigenvalue weighted by molar-refractivity contribution is 9.10. The van der Waals surface area contributed by atoms with Gasteiger partial charge >= 0.3 is 0 Å². The van der Waals surface area contributed by atoms with Crippen LogP contribution in [0.15, 0.2) is 28.7 Å². The molecule has 6 nitrogen and oxygen atoms in total. The summed E-state index contributed by atoms with van der Waals surface area (Å²) < 4.78 is 27.5. The Labute approximate surface area is 119 Å². The van der Waals surface area contributed by atoms with E-state index in [1.54, 1.807) is 0 Å². The third-order valence-corrected chi connectivity index (χ3v) is 2.76. The molecule has 0 amide bonds. The van der Waals surface area contributed by atoms with Crippen LogP contribution in [-0.2, 0) is 0 Å². The van der Waals surface area contributed by atoms with Gasteiger partial charge in [0.05, 0.1) is 17.1 Å². The average molecular weight is 345 g/mol.